The van der Waals surface area contributed by atoms with Gasteiger partial charge in [0.1, 0.15) is 11.5 Å². The zero-order valence-electron chi connectivity index (χ0n) is 40.8. The van der Waals surface area contributed by atoms with Gasteiger partial charge in [-0.05, 0) is 125 Å². The van der Waals surface area contributed by atoms with E-state index in [9.17, 15) is 2.74 Å². The predicted octanol–water partition coefficient (Wildman–Crippen LogP) is 10.0. The number of hydrogen-bond donors (Lipinski definition) is 0. The third-order valence-electron chi connectivity index (χ3n) is 13.2. The zero-order chi connectivity index (χ0) is 46.2. The Bertz CT molecular complexity index is 3270. The molecule has 11 rings (SSSR count). The van der Waals surface area contributed by atoms with Crippen LogP contribution in [0, 0.1) is 6.92 Å². The first-order valence-corrected chi connectivity index (χ1v) is 23.4. The summed E-state index contributed by atoms with van der Waals surface area (Å²) in [6, 6.07) is 51.8. The van der Waals surface area contributed by atoms with E-state index in [-0.39, 0.29) is 47.3 Å². The van der Waals surface area contributed by atoms with Gasteiger partial charge in [0.2, 0.25) is 0 Å². The van der Waals surface area contributed by atoms with Crippen LogP contribution in [0.3, 0.4) is 0 Å². The minimum atomic E-state index is -2.94. The second kappa shape index (κ2) is 13.6. The molecule has 0 atom stereocenters. The lowest BCUT2D eigenvalue weighted by Crippen LogP contribution is -2.73. The maximum atomic E-state index is 9.37. The third kappa shape index (κ3) is 5.68. The summed E-state index contributed by atoms with van der Waals surface area (Å²) in [5.41, 5.74) is 11.9. The first-order valence-electron chi connectivity index (χ1n) is 23.9. The molecule has 4 heteroatoms. The van der Waals surface area contributed by atoms with E-state index in [0.717, 1.165) is 56.1 Å². The highest BCUT2D eigenvalue weighted by molar-refractivity contribution is 7.22. The van der Waals surface area contributed by atoms with Crippen LogP contribution in [0.4, 0.5) is 17.1 Å². The van der Waals surface area contributed by atoms with E-state index < -0.39 is 14.1 Å². The molecular formula is C57H50BNOSi. The molecule has 0 aromatic heterocycles. The van der Waals surface area contributed by atoms with Crippen molar-refractivity contribution in [2.24, 2.45) is 0 Å². The number of ether oxygens (including phenoxy) is 1. The topological polar surface area (TPSA) is 12.5 Å². The summed E-state index contributed by atoms with van der Waals surface area (Å²) in [5.74, 6) is 1.62. The first kappa shape index (κ1) is 32.4. The molecule has 8 aromatic rings. The van der Waals surface area contributed by atoms with Gasteiger partial charge in [-0.1, -0.05) is 181 Å². The Morgan fingerprint density at radius 1 is 0.525 bits per heavy atom. The Morgan fingerprint density at radius 3 is 1.85 bits per heavy atom. The van der Waals surface area contributed by atoms with Crippen molar-refractivity contribution in [3.05, 3.63) is 192 Å². The predicted molar refractivity (Wildman–Crippen MR) is 262 cm³/mol. The highest BCUT2D eigenvalue weighted by Gasteiger charge is 2.51. The van der Waals surface area contributed by atoms with Crippen LogP contribution in [-0.4, -0.2) is 14.8 Å². The van der Waals surface area contributed by atoms with Crippen molar-refractivity contribution in [3.63, 3.8) is 0 Å². The Morgan fingerprint density at radius 2 is 1.16 bits per heavy atom. The number of nitrogens with zero attached hydrogens (tertiary/aromatic N) is 1. The van der Waals surface area contributed by atoms with E-state index >= 15 is 0 Å². The van der Waals surface area contributed by atoms with Crippen LogP contribution < -0.4 is 46.8 Å². The molecule has 2 nitrogen and oxygen atoms in total. The Balaban J connectivity index is 1.31. The van der Waals surface area contributed by atoms with Crippen molar-refractivity contribution in [1.29, 1.82) is 0 Å². The summed E-state index contributed by atoms with van der Waals surface area (Å²) in [7, 11) is -2.94. The van der Waals surface area contributed by atoms with Crippen LogP contribution in [-0.2, 0) is 10.8 Å². The molecule has 3 heterocycles. The molecule has 0 radical (unpaired) electrons. The van der Waals surface area contributed by atoms with Gasteiger partial charge < -0.3 is 9.64 Å². The van der Waals surface area contributed by atoms with Crippen LogP contribution >= 0.6 is 0 Å². The minimum Gasteiger partial charge on any atom is -0.458 e. The van der Waals surface area contributed by atoms with Crippen molar-refractivity contribution in [2.75, 3.05) is 4.90 Å². The average Bonchev–Trinajstić information content (AvgIpc) is 3.59. The summed E-state index contributed by atoms with van der Waals surface area (Å²) in [6.07, 6.45) is 0. The van der Waals surface area contributed by atoms with E-state index in [1.54, 1.807) is 0 Å². The molecule has 61 heavy (non-hydrogen) atoms. The third-order valence-corrected chi connectivity index (χ3v) is 18.1. The highest BCUT2D eigenvalue weighted by Crippen LogP contribution is 2.47. The molecule has 0 bridgehead atoms. The second-order valence-corrected chi connectivity index (χ2v) is 22.8. The van der Waals surface area contributed by atoms with Crippen LogP contribution in [0.2, 0.25) is 0 Å². The van der Waals surface area contributed by atoms with Crippen LogP contribution in [0.25, 0.3) is 22.3 Å². The summed E-state index contributed by atoms with van der Waals surface area (Å²) in [6.45, 7) is 15.1. The maximum Gasteiger partial charge on any atom is 0.256 e. The Labute approximate surface area is 369 Å². The van der Waals surface area contributed by atoms with E-state index in [0.29, 0.717) is 5.56 Å². The van der Waals surface area contributed by atoms with Gasteiger partial charge in [-0.15, -0.1) is 0 Å². The van der Waals surface area contributed by atoms with Gasteiger partial charge in [-0.3, -0.25) is 0 Å². The summed E-state index contributed by atoms with van der Waals surface area (Å²) in [4.78, 5) is 2.30. The van der Waals surface area contributed by atoms with Gasteiger partial charge >= 0.3 is 0 Å². The van der Waals surface area contributed by atoms with Crippen LogP contribution in [0.15, 0.2) is 176 Å². The molecule has 3 aliphatic rings. The lowest BCUT2D eigenvalue weighted by atomic mass is 9.34. The monoisotopic (exact) mass is 808 g/mol. The summed E-state index contributed by atoms with van der Waals surface area (Å²) >= 11 is 0. The van der Waals surface area contributed by atoms with E-state index in [4.69, 9.17) is 8.85 Å². The van der Waals surface area contributed by atoms with E-state index in [2.05, 4.69) is 193 Å². The van der Waals surface area contributed by atoms with Gasteiger partial charge in [-0.2, -0.15) is 0 Å². The van der Waals surface area contributed by atoms with E-state index in [1.807, 2.05) is 6.07 Å². The molecule has 0 fully saturated rings. The molecule has 0 saturated heterocycles. The van der Waals surface area contributed by atoms with Gasteiger partial charge in [0.15, 0.2) is 8.07 Å². The molecule has 3 aliphatic heterocycles. The first-order chi connectivity index (χ1) is 31.5. The normalized spacial score (nSPS) is 15.5. The van der Waals surface area contributed by atoms with E-state index in [1.165, 1.54) is 37.4 Å². The lowest BCUT2D eigenvalue weighted by Gasteiger charge is -2.42. The number of hydrogen-bond acceptors (Lipinski definition) is 2. The Hall–Kier alpha value is -6.36. The standard InChI is InChI=1S/C57H50BNOSi/c1-37-31-50-55-52(32-37)60-51-30-28-40(57(5,6)7)34-47(51)58(55)46-36-54-45(35-49(46)59(50)48-29-27-39(56(2,3)4)33-44(48)38-19-11-8-12-20-38)43-25-17-18-26-53(43)61(54,41-21-13-9-14-22-41)42-23-15-10-16-24-42/h8-36H,1-7H3/i8D,11D,12D,19D,20D. The fourth-order valence-corrected chi connectivity index (χ4v) is 15.5. The molecule has 0 unspecified atom stereocenters. The van der Waals surface area contributed by atoms with Crippen LogP contribution in [0.5, 0.6) is 11.5 Å². The number of fused-ring (bicyclic) bond motifs is 7. The smallest absolute Gasteiger partial charge is 0.256 e. The highest BCUT2D eigenvalue weighted by atomic mass is 28.3. The van der Waals surface area contributed by atoms with Crippen molar-refractivity contribution in [2.45, 2.75) is 59.3 Å². The van der Waals surface area contributed by atoms with Crippen molar-refractivity contribution < 1.29 is 11.6 Å². The van der Waals surface area contributed by atoms with Crippen LogP contribution in [0.1, 0.15) is 65.1 Å². The van der Waals surface area contributed by atoms with Gasteiger partial charge in [0.25, 0.3) is 6.71 Å². The molecule has 0 aliphatic carbocycles. The number of benzene rings is 8. The molecular weight excluding hydrogens is 754 g/mol. The molecule has 0 amide bonds. The zero-order valence-corrected chi connectivity index (χ0v) is 36.8. The van der Waals surface area contributed by atoms with Crippen molar-refractivity contribution >= 4 is 69.0 Å². The quantitative estimate of drug-likeness (QED) is 0.164. The fraction of sp³-hybridized carbons (Fsp3) is 0.158. The van der Waals surface area contributed by atoms with Gasteiger partial charge in [0.05, 0.1) is 12.5 Å². The molecule has 8 aromatic carbocycles. The molecule has 296 valence electrons. The average molecular weight is 809 g/mol. The molecule has 0 saturated carbocycles. The summed E-state index contributed by atoms with van der Waals surface area (Å²) < 4.78 is 52.0. The molecule has 0 N–H and O–H groups in total. The largest absolute Gasteiger partial charge is 0.458 e. The number of aryl methyl sites for hydroxylation is 1. The number of anilines is 3. The second-order valence-electron chi connectivity index (χ2n) is 19.0. The van der Waals surface area contributed by atoms with Crippen molar-refractivity contribution in [3.8, 4) is 33.8 Å². The van der Waals surface area contributed by atoms with Gasteiger partial charge in [-0.25, -0.2) is 0 Å². The van der Waals surface area contributed by atoms with Gasteiger partial charge in [0, 0.05) is 16.9 Å². The van der Waals surface area contributed by atoms with Crippen molar-refractivity contribution in [1.82, 2.24) is 0 Å². The maximum absolute atomic E-state index is 9.37. The fourth-order valence-electron chi connectivity index (χ4n) is 10.3. The number of rotatable bonds is 4. The Kier molecular flexibility index (Phi) is 7.21. The lowest BCUT2D eigenvalue weighted by molar-refractivity contribution is 0.486. The minimum absolute atomic E-state index is 0.120. The summed E-state index contributed by atoms with van der Waals surface area (Å²) in [5, 5.41) is 5.30. The molecule has 0 spiro atoms. The SMILES string of the molecule is [2H]c1c([2H])c([2H])c(-c2cc(C(C)(C)C)ccc2N2c3cc4c(cc3B3c5cc(C(C)(C)C)ccc5Oc5cc(C)cc2c53)[Si](c2ccccc2)(c2ccccc2)c2ccccc2-4)c([2H])c1[2H].